The van der Waals surface area contributed by atoms with Crippen LogP contribution >= 0.6 is 0 Å². The number of carbonyl (C=O) groups is 1. The Labute approximate surface area is 198 Å². The summed E-state index contributed by atoms with van der Waals surface area (Å²) in [6.07, 6.45) is 12.7. The van der Waals surface area contributed by atoms with E-state index in [-0.39, 0.29) is 28.6 Å². The van der Waals surface area contributed by atoms with E-state index in [1.165, 1.54) is 37.5 Å². The number of nitrogens with zero attached hydrogens (tertiary/aromatic N) is 2. The average molecular weight is 467 g/mol. The van der Waals surface area contributed by atoms with Crippen LogP contribution < -0.4 is 16.8 Å². The van der Waals surface area contributed by atoms with Crippen molar-refractivity contribution in [3.63, 3.8) is 0 Å². The van der Waals surface area contributed by atoms with Crippen LogP contribution in [0.4, 0.5) is 4.39 Å². The van der Waals surface area contributed by atoms with Gasteiger partial charge in [0, 0.05) is 47.9 Å². The van der Waals surface area contributed by atoms with Gasteiger partial charge in [0.25, 0.3) is 0 Å². The number of dihydropyridines is 1. The second-order valence-corrected chi connectivity index (χ2v) is 8.83. The van der Waals surface area contributed by atoms with Crippen molar-refractivity contribution in [2.45, 2.75) is 38.1 Å². The second kappa shape index (κ2) is 10.1. The largest absolute Gasteiger partial charge is 0.504 e. The van der Waals surface area contributed by atoms with Crippen LogP contribution in [0.15, 0.2) is 59.6 Å². The number of piperazine rings is 1. The number of amides is 1. The molecule has 1 amide bonds. The maximum absolute atomic E-state index is 13.7. The summed E-state index contributed by atoms with van der Waals surface area (Å²) in [5.74, 6) is -1.59. The molecule has 1 aliphatic carbocycles. The molecule has 9 heteroatoms. The Kier molecular flexibility index (Phi) is 7.02. The zero-order chi connectivity index (χ0) is 24.2. The number of phenolic OH excluding ortho intramolecular Hbond substituents is 1. The number of carbonyl (C=O) groups excluding carboxylic acids is 1. The first kappa shape index (κ1) is 23.6. The predicted octanol–water partition coefficient (Wildman–Crippen LogP) is 2.50. The number of aromatic hydroxyl groups is 1. The number of benzene rings is 1. The zero-order valence-corrected chi connectivity index (χ0v) is 19.1. The Bertz CT molecular complexity index is 1100. The van der Waals surface area contributed by atoms with Crippen LogP contribution in [0.1, 0.15) is 37.7 Å². The number of nitrogens with two attached hydrogens (primary N) is 2. The average Bonchev–Trinajstić information content (AvgIpc) is 2.84. The lowest BCUT2D eigenvalue weighted by atomic mass is 9.93. The minimum Gasteiger partial charge on any atom is -0.504 e. The highest BCUT2D eigenvalue weighted by Crippen LogP contribution is 2.28. The third kappa shape index (κ3) is 4.99. The van der Waals surface area contributed by atoms with E-state index in [9.17, 15) is 14.3 Å². The van der Waals surface area contributed by atoms with E-state index in [1.807, 2.05) is 0 Å². The molecular formula is C25H31FN6O2. The molecule has 1 aromatic rings. The Morgan fingerprint density at radius 2 is 1.97 bits per heavy atom. The van der Waals surface area contributed by atoms with E-state index in [2.05, 4.69) is 10.2 Å². The van der Waals surface area contributed by atoms with Crippen LogP contribution in [0.25, 0.3) is 5.70 Å². The summed E-state index contributed by atoms with van der Waals surface area (Å²) in [5, 5.41) is 21.1. The summed E-state index contributed by atoms with van der Waals surface area (Å²) >= 11 is 0. The first-order valence-corrected chi connectivity index (χ1v) is 11.6. The van der Waals surface area contributed by atoms with Crippen molar-refractivity contribution < 1.29 is 14.3 Å². The number of amidine groups is 1. The monoisotopic (exact) mass is 466 g/mol. The fraction of sp³-hybridized carbons (Fsp3) is 0.360. The highest BCUT2D eigenvalue weighted by molar-refractivity contribution is 6.00. The third-order valence-electron chi connectivity index (χ3n) is 6.62. The molecule has 8 nitrogen and oxygen atoms in total. The SMILES string of the molecule is N=C(N)C(/C=C(\N)c1cccc(F)c1O)=C1C=C(N2CCN(C3CCCCC3)CC2=O)C=CN1. The normalized spacial score (nSPS) is 21.8. The number of phenols is 1. The molecular weight excluding hydrogens is 435 g/mol. The molecule has 2 aliphatic heterocycles. The number of hydrogen-bond donors (Lipinski definition) is 5. The number of rotatable bonds is 5. The van der Waals surface area contributed by atoms with Gasteiger partial charge in [0.05, 0.1) is 12.2 Å². The maximum atomic E-state index is 13.7. The van der Waals surface area contributed by atoms with Gasteiger partial charge in [0.2, 0.25) is 5.91 Å². The number of halogens is 1. The molecule has 2 fully saturated rings. The fourth-order valence-electron chi connectivity index (χ4n) is 4.78. The minimum atomic E-state index is -0.794. The zero-order valence-electron chi connectivity index (χ0n) is 19.1. The predicted molar refractivity (Wildman–Crippen MR) is 130 cm³/mol. The van der Waals surface area contributed by atoms with Gasteiger partial charge >= 0.3 is 0 Å². The Morgan fingerprint density at radius 1 is 1.21 bits per heavy atom. The van der Waals surface area contributed by atoms with E-state index in [4.69, 9.17) is 16.9 Å². The van der Waals surface area contributed by atoms with Crippen LogP contribution in [0, 0.1) is 11.2 Å². The van der Waals surface area contributed by atoms with Gasteiger partial charge in [0.15, 0.2) is 11.6 Å². The van der Waals surface area contributed by atoms with Crippen LogP contribution in [0.5, 0.6) is 5.75 Å². The van der Waals surface area contributed by atoms with Crippen LogP contribution in [0.2, 0.25) is 0 Å². The number of allylic oxidation sites excluding steroid dienone is 2. The van der Waals surface area contributed by atoms with E-state index in [0.29, 0.717) is 30.5 Å². The molecule has 0 spiro atoms. The molecule has 0 bridgehead atoms. The lowest BCUT2D eigenvalue weighted by molar-refractivity contribution is -0.134. The molecule has 3 aliphatic rings. The molecule has 0 unspecified atom stereocenters. The molecule has 180 valence electrons. The summed E-state index contributed by atoms with van der Waals surface area (Å²) < 4.78 is 13.7. The topological polar surface area (TPSA) is 132 Å². The quantitative estimate of drug-likeness (QED) is 0.335. The van der Waals surface area contributed by atoms with Crippen LogP contribution in [-0.2, 0) is 4.79 Å². The maximum Gasteiger partial charge on any atom is 0.241 e. The molecule has 4 rings (SSSR count). The van der Waals surface area contributed by atoms with Gasteiger partial charge in [-0.15, -0.1) is 0 Å². The van der Waals surface area contributed by atoms with Crippen LogP contribution in [0.3, 0.4) is 0 Å². The Hall–Kier alpha value is -3.59. The van der Waals surface area contributed by atoms with E-state index in [1.54, 1.807) is 23.3 Å². The van der Waals surface area contributed by atoms with E-state index >= 15 is 0 Å². The molecule has 1 aromatic carbocycles. The van der Waals surface area contributed by atoms with E-state index in [0.717, 1.165) is 25.5 Å². The van der Waals surface area contributed by atoms with Gasteiger partial charge in [-0.05, 0) is 43.2 Å². The molecule has 2 heterocycles. The van der Waals surface area contributed by atoms with Crippen molar-refractivity contribution in [1.82, 2.24) is 15.1 Å². The van der Waals surface area contributed by atoms with Crippen molar-refractivity contribution in [1.29, 1.82) is 5.41 Å². The first-order chi connectivity index (χ1) is 16.3. The smallest absolute Gasteiger partial charge is 0.241 e. The van der Waals surface area contributed by atoms with Crippen molar-refractivity contribution in [2.75, 3.05) is 19.6 Å². The van der Waals surface area contributed by atoms with Crippen molar-refractivity contribution in [2.24, 2.45) is 11.5 Å². The standard InChI is InChI=1S/C25H31FN6O2/c26-20-8-4-7-18(24(20)34)21(27)14-19(25(28)29)22-13-17(9-10-30-22)32-12-11-31(15-23(32)33)16-5-2-1-3-6-16/h4,7-10,13-14,16,30,34H,1-3,5-6,11-12,15,27H2,(H3,28,29)/b21-14-,22-19?. The lowest BCUT2D eigenvalue weighted by Gasteiger charge is -2.40. The van der Waals surface area contributed by atoms with Crippen molar-refractivity contribution >= 4 is 17.4 Å². The summed E-state index contributed by atoms with van der Waals surface area (Å²) in [6, 6.07) is 4.53. The molecule has 7 N–H and O–H groups in total. The first-order valence-electron chi connectivity index (χ1n) is 11.6. The van der Waals surface area contributed by atoms with Crippen molar-refractivity contribution in [3.05, 3.63) is 71.0 Å². The molecule has 0 atom stereocenters. The van der Waals surface area contributed by atoms with Gasteiger partial charge < -0.3 is 26.8 Å². The summed E-state index contributed by atoms with van der Waals surface area (Å²) in [5.41, 5.74) is 13.5. The van der Waals surface area contributed by atoms with Gasteiger partial charge in [-0.25, -0.2) is 4.39 Å². The molecule has 0 radical (unpaired) electrons. The Balaban J connectivity index is 1.58. The van der Waals surface area contributed by atoms with Crippen LogP contribution in [-0.4, -0.2) is 52.3 Å². The molecule has 1 saturated carbocycles. The van der Waals surface area contributed by atoms with Gasteiger partial charge in [-0.3, -0.25) is 15.1 Å². The minimum absolute atomic E-state index is 0.0399. The summed E-state index contributed by atoms with van der Waals surface area (Å²) in [6.45, 7) is 1.80. The highest BCUT2D eigenvalue weighted by atomic mass is 19.1. The third-order valence-corrected chi connectivity index (χ3v) is 6.62. The highest BCUT2D eigenvalue weighted by Gasteiger charge is 2.31. The molecule has 34 heavy (non-hydrogen) atoms. The number of nitrogens with one attached hydrogen (secondary N) is 2. The van der Waals surface area contributed by atoms with Gasteiger partial charge in [-0.1, -0.05) is 25.3 Å². The fourth-order valence-corrected chi connectivity index (χ4v) is 4.78. The number of para-hydroxylation sites is 1. The van der Waals surface area contributed by atoms with Gasteiger partial charge in [0.1, 0.15) is 5.84 Å². The van der Waals surface area contributed by atoms with Crippen molar-refractivity contribution in [3.8, 4) is 5.75 Å². The van der Waals surface area contributed by atoms with Gasteiger partial charge in [-0.2, -0.15) is 0 Å². The summed E-state index contributed by atoms with van der Waals surface area (Å²) in [7, 11) is 0. The molecule has 0 aromatic heterocycles. The summed E-state index contributed by atoms with van der Waals surface area (Å²) in [4.78, 5) is 17.1. The Morgan fingerprint density at radius 3 is 2.68 bits per heavy atom. The van der Waals surface area contributed by atoms with E-state index < -0.39 is 11.6 Å². The number of hydrogen-bond acceptors (Lipinski definition) is 6. The lowest BCUT2D eigenvalue weighted by Crippen LogP contribution is -2.53. The molecule has 1 saturated heterocycles. The second-order valence-electron chi connectivity index (χ2n) is 8.83.